The maximum atomic E-state index is 14.1. The summed E-state index contributed by atoms with van der Waals surface area (Å²) >= 11 is 0. The zero-order valence-corrected chi connectivity index (χ0v) is 22.3. The minimum atomic E-state index is -0.829. The van der Waals surface area contributed by atoms with Crippen molar-refractivity contribution in [3.05, 3.63) is 129 Å². The molecule has 0 aliphatic carbocycles. The van der Waals surface area contributed by atoms with Crippen molar-refractivity contribution in [2.24, 2.45) is 0 Å². The average Bonchev–Trinajstić information content (AvgIpc) is 2.87. The van der Waals surface area contributed by atoms with Gasteiger partial charge in [-0.1, -0.05) is 102 Å². The maximum absolute atomic E-state index is 14.1. The molecule has 6 rings (SSSR count). The second kappa shape index (κ2) is 7.70. The standard InChI is InChI=1S/C33H32N2O2/c1-31(2,3)21-18-19-28-25(20-21)33(30-24(32(4,5)6)14-11-17-29(30)35(28)37)22-12-7-9-15-26(22)34(36)27-16-10-8-13-23(27)33/h7-20H,1-6H3/q-2. The number of benzene rings is 4. The normalized spacial score (nSPS) is 15.7. The van der Waals surface area contributed by atoms with Crippen molar-refractivity contribution >= 4 is 22.7 Å². The molecular formula is C33H32N2O2-2. The molecule has 0 amide bonds. The van der Waals surface area contributed by atoms with E-state index in [1.807, 2.05) is 54.6 Å². The Morgan fingerprint density at radius 3 is 1.62 bits per heavy atom. The molecule has 1 spiro atoms. The van der Waals surface area contributed by atoms with Gasteiger partial charge in [-0.25, -0.2) is 0 Å². The van der Waals surface area contributed by atoms with E-state index in [0.29, 0.717) is 22.7 Å². The first-order valence-electron chi connectivity index (χ1n) is 12.9. The molecule has 188 valence electrons. The van der Waals surface area contributed by atoms with E-state index in [1.165, 1.54) is 0 Å². The summed E-state index contributed by atoms with van der Waals surface area (Å²) in [5.74, 6) is 0. The molecule has 0 bridgehead atoms. The van der Waals surface area contributed by atoms with E-state index in [2.05, 4.69) is 71.9 Å². The quantitative estimate of drug-likeness (QED) is 0.249. The molecule has 0 aromatic heterocycles. The highest BCUT2D eigenvalue weighted by Crippen LogP contribution is 2.63. The Morgan fingerprint density at radius 1 is 0.541 bits per heavy atom. The predicted molar refractivity (Wildman–Crippen MR) is 153 cm³/mol. The molecule has 4 heteroatoms. The van der Waals surface area contributed by atoms with Crippen molar-refractivity contribution in [3.8, 4) is 0 Å². The van der Waals surface area contributed by atoms with Crippen molar-refractivity contribution in [1.29, 1.82) is 0 Å². The van der Waals surface area contributed by atoms with E-state index in [4.69, 9.17) is 0 Å². The van der Waals surface area contributed by atoms with Crippen molar-refractivity contribution in [1.82, 2.24) is 0 Å². The number of rotatable bonds is 0. The van der Waals surface area contributed by atoms with Gasteiger partial charge in [-0.05, 0) is 68.5 Å². The van der Waals surface area contributed by atoms with Crippen LogP contribution in [0.2, 0.25) is 0 Å². The molecule has 0 unspecified atom stereocenters. The SMILES string of the molecule is CC(C)(C)c1ccc2c(c1)C1(c3ccccc3N([O-])c3ccccc31)c1c(cccc1C(C)(C)C)N2[O-]. The lowest BCUT2D eigenvalue weighted by molar-refractivity contribution is 0.563. The Bertz CT molecular complexity index is 1490. The largest absolute Gasteiger partial charge is 0.754 e. The lowest BCUT2D eigenvalue weighted by Crippen LogP contribution is -2.43. The minimum absolute atomic E-state index is 0.119. The fourth-order valence-corrected chi connectivity index (χ4v) is 6.24. The topological polar surface area (TPSA) is 52.6 Å². The lowest BCUT2D eigenvalue weighted by Gasteiger charge is -2.55. The molecular weight excluding hydrogens is 456 g/mol. The van der Waals surface area contributed by atoms with Gasteiger partial charge in [0.05, 0.1) is 5.41 Å². The first-order valence-corrected chi connectivity index (χ1v) is 12.9. The van der Waals surface area contributed by atoms with Crippen LogP contribution < -0.4 is 10.1 Å². The number of para-hydroxylation sites is 2. The Labute approximate surface area is 219 Å². The van der Waals surface area contributed by atoms with Gasteiger partial charge >= 0.3 is 0 Å². The molecule has 0 saturated heterocycles. The first kappa shape index (κ1) is 23.8. The van der Waals surface area contributed by atoms with Gasteiger partial charge in [-0.15, -0.1) is 0 Å². The summed E-state index contributed by atoms with van der Waals surface area (Å²) in [5.41, 5.74) is 7.23. The molecule has 0 radical (unpaired) electrons. The third-order valence-corrected chi connectivity index (χ3v) is 7.98. The van der Waals surface area contributed by atoms with Gasteiger partial charge in [0, 0.05) is 22.7 Å². The van der Waals surface area contributed by atoms with E-state index in [9.17, 15) is 10.4 Å². The van der Waals surface area contributed by atoms with Gasteiger partial charge in [-0.2, -0.15) is 0 Å². The van der Waals surface area contributed by atoms with E-state index < -0.39 is 5.41 Å². The Hall–Kier alpha value is -3.60. The summed E-state index contributed by atoms with van der Waals surface area (Å²) in [4.78, 5) is 0. The number of hydrogen-bond acceptors (Lipinski definition) is 4. The zero-order chi connectivity index (χ0) is 26.3. The van der Waals surface area contributed by atoms with Crippen LogP contribution in [0.5, 0.6) is 0 Å². The molecule has 2 aliphatic rings. The van der Waals surface area contributed by atoms with Gasteiger partial charge in [0.15, 0.2) is 0 Å². The van der Waals surface area contributed by atoms with Gasteiger partial charge in [0.2, 0.25) is 0 Å². The monoisotopic (exact) mass is 488 g/mol. The van der Waals surface area contributed by atoms with Gasteiger partial charge in [-0.3, -0.25) is 0 Å². The van der Waals surface area contributed by atoms with E-state index in [1.54, 1.807) is 0 Å². The van der Waals surface area contributed by atoms with Crippen LogP contribution in [0.15, 0.2) is 84.9 Å². The molecule has 4 aromatic carbocycles. The van der Waals surface area contributed by atoms with E-state index in [-0.39, 0.29) is 10.8 Å². The lowest BCUT2D eigenvalue weighted by atomic mass is 9.57. The highest BCUT2D eigenvalue weighted by molar-refractivity contribution is 5.92. The van der Waals surface area contributed by atoms with Gasteiger partial charge in [0.1, 0.15) is 0 Å². The van der Waals surface area contributed by atoms with E-state index in [0.717, 1.165) is 43.5 Å². The smallest absolute Gasteiger partial charge is 0.0784 e. The van der Waals surface area contributed by atoms with Crippen LogP contribution in [0.4, 0.5) is 22.7 Å². The Morgan fingerprint density at radius 2 is 1.05 bits per heavy atom. The second-order valence-electron chi connectivity index (χ2n) is 12.3. The Balaban J connectivity index is 1.90. The summed E-state index contributed by atoms with van der Waals surface area (Å²) in [6.45, 7) is 13.1. The molecule has 0 saturated carbocycles. The van der Waals surface area contributed by atoms with Crippen LogP contribution in [0.1, 0.15) is 74.9 Å². The summed E-state index contributed by atoms with van der Waals surface area (Å²) in [7, 11) is 0. The fourth-order valence-electron chi connectivity index (χ4n) is 6.24. The van der Waals surface area contributed by atoms with Crippen LogP contribution in [0.25, 0.3) is 0 Å². The number of fused-ring (bicyclic) bond motifs is 8. The van der Waals surface area contributed by atoms with Crippen molar-refractivity contribution in [2.45, 2.75) is 57.8 Å². The number of nitrogens with zero attached hydrogens (tertiary/aromatic N) is 2. The Kier molecular flexibility index (Phi) is 4.95. The minimum Gasteiger partial charge on any atom is -0.754 e. The van der Waals surface area contributed by atoms with Crippen LogP contribution in [-0.4, -0.2) is 0 Å². The van der Waals surface area contributed by atoms with Crippen molar-refractivity contribution < 1.29 is 0 Å². The van der Waals surface area contributed by atoms with Crippen molar-refractivity contribution in [2.75, 3.05) is 10.1 Å². The highest BCUT2D eigenvalue weighted by Gasteiger charge is 2.51. The summed E-state index contributed by atoms with van der Waals surface area (Å²) in [6, 6.07) is 28.0. The molecule has 0 fully saturated rings. The second-order valence-corrected chi connectivity index (χ2v) is 12.3. The summed E-state index contributed by atoms with van der Waals surface area (Å²) in [6.07, 6.45) is 0. The molecule has 37 heavy (non-hydrogen) atoms. The van der Waals surface area contributed by atoms with Crippen molar-refractivity contribution in [3.63, 3.8) is 0 Å². The average molecular weight is 489 g/mol. The maximum Gasteiger partial charge on any atom is 0.0784 e. The fraction of sp³-hybridized carbons (Fsp3) is 0.273. The number of hydrogen-bond donors (Lipinski definition) is 0. The molecule has 2 aliphatic heterocycles. The molecule has 0 N–H and O–H groups in total. The molecule has 0 atom stereocenters. The third-order valence-electron chi connectivity index (χ3n) is 7.98. The van der Waals surface area contributed by atoms with Gasteiger partial charge in [0.25, 0.3) is 0 Å². The highest BCUT2D eigenvalue weighted by atomic mass is 16.5. The third kappa shape index (κ3) is 3.16. The van der Waals surface area contributed by atoms with Crippen LogP contribution in [0.3, 0.4) is 0 Å². The zero-order valence-electron chi connectivity index (χ0n) is 22.3. The summed E-state index contributed by atoms with van der Waals surface area (Å²) < 4.78 is 0. The summed E-state index contributed by atoms with van der Waals surface area (Å²) in [5, 5.41) is 30.0. The first-order chi connectivity index (χ1) is 17.5. The van der Waals surface area contributed by atoms with Gasteiger partial charge < -0.3 is 20.5 Å². The molecule has 4 aromatic rings. The predicted octanol–water partition coefficient (Wildman–Crippen LogP) is 8.56. The van der Waals surface area contributed by atoms with E-state index >= 15 is 0 Å². The molecule has 4 nitrogen and oxygen atoms in total. The van der Waals surface area contributed by atoms with Crippen LogP contribution in [0, 0.1) is 10.4 Å². The van der Waals surface area contributed by atoms with Crippen LogP contribution >= 0.6 is 0 Å². The van der Waals surface area contributed by atoms with Crippen LogP contribution in [-0.2, 0) is 16.2 Å². The number of anilines is 4. The molecule has 2 heterocycles.